The summed E-state index contributed by atoms with van der Waals surface area (Å²) >= 11 is 0. The molecule has 2 atom stereocenters. The highest BCUT2D eigenvalue weighted by Gasteiger charge is 2.51. The molecule has 2 bridgehead atoms. The fourth-order valence-electron chi connectivity index (χ4n) is 6.17. The maximum atomic E-state index is 13.7. The van der Waals surface area contributed by atoms with Gasteiger partial charge in [-0.25, -0.2) is 0 Å². The van der Waals surface area contributed by atoms with Gasteiger partial charge in [-0.05, 0) is 48.5 Å². The molecule has 1 aromatic heterocycles. The van der Waals surface area contributed by atoms with E-state index in [0.717, 1.165) is 32.1 Å². The van der Waals surface area contributed by atoms with E-state index in [1.165, 1.54) is 12.6 Å². The molecule has 176 valence electrons. The second-order valence-electron chi connectivity index (χ2n) is 11.0. The van der Waals surface area contributed by atoms with Crippen LogP contribution < -0.4 is 10.7 Å². The first-order chi connectivity index (χ1) is 15.6. The quantitative estimate of drug-likeness (QED) is 0.728. The summed E-state index contributed by atoms with van der Waals surface area (Å²) in [4.78, 5) is 41.2. The molecular formula is C27H35N3O3. The van der Waals surface area contributed by atoms with Crippen molar-refractivity contribution in [2.45, 2.75) is 65.5 Å². The van der Waals surface area contributed by atoms with Crippen LogP contribution in [0.2, 0.25) is 0 Å². The highest BCUT2D eigenvalue weighted by molar-refractivity contribution is 5.99. The van der Waals surface area contributed by atoms with E-state index in [0.29, 0.717) is 13.1 Å². The fourth-order valence-corrected chi connectivity index (χ4v) is 6.17. The minimum Gasteiger partial charge on any atom is -0.355 e. The number of aryl methyl sites for hydroxylation is 2. The number of likely N-dealkylation sites (tertiary alicyclic amines) is 1. The van der Waals surface area contributed by atoms with Crippen LogP contribution in [0.5, 0.6) is 0 Å². The lowest BCUT2D eigenvalue weighted by molar-refractivity contribution is 0.0706. The monoisotopic (exact) mass is 449 g/mol. The number of pyridine rings is 1. The zero-order valence-corrected chi connectivity index (χ0v) is 20.2. The summed E-state index contributed by atoms with van der Waals surface area (Å²) in [6.07, 6.45) is 7.94. The molecule has 1 N–H and O–H groups in total. The second-order valence-corrected chi connectivity index (χ2v) is 11.0. The molecule has 1 aliphatic heterocycles. The largest absolute Gasteiger partial charge is 0.355 e. The van der Waals surface area contributed by atoms with Crippen molar-refractivity contribution in [3.8, 4) is 0 Å². The van der Waals surface area contributed by atoms with Crippen LogP contribution in [0.1, 0.15) is 72.7 Å². The number of carbonyl (C=O) groups is 2. The third-order valence-electron chi connectivity index (χ3n) is 7.18. The van der Waals surface area contributed by atoms with E-state index in [2.05, 4.69) is 38.2 Å². The lowest BCUT2D eigenvalue weighted by Crippen LogP contribution is -2.41. The predicted molar refractivity (Wildman–Crippen MR) is 129 cm³/mol. The van der Waals surface area contributed by atoms with Crippen molar-refractivity contribution in [3.63, 3.8) is 0 Å². The van der Waals surface area contributed by atoms with Gasteiger partial charge < -0.3 is 14.8 Å². The molecule has 2 fully saturated rings. The average molecular weight is 450 g/mol. The normalized spacial score (nSPS) is 23.4. The van der Waals surface area contributed by atoms with Crippen molar-refractivity contribution in [2.75, 3.05) is 13.6 Å². The Morgan fingerprint density at radius 1 is 1.06 bits per heavy atom. The molecule has 1 saturated carbocycles. The van der Waals surface area contributed by atoms with Crippen LogP contribution in [0.15, 0.2) is 47.5 Å². The standard InChI is InChI=1S/C27H35N3O3/c1-26(2)13-20-14-27(3,17-26)18-30(20)25(33)22-16-29(15-21(23(22)31)24(32)28-4)12-8-11-19-9-6-5-7-10-19/h5-7,9-10,15-16,20H,8,11-14,17-18H2,1-4H3,(H,28,32)/t20-,27-/m0/s1. The Hall–Kier alpha value is -2.89. The van der Waals surface area contributed by atoms with Crippen molar-refractivity contribution in [3.05, 3.63) is 69.6 Å². The number of fused-ring (bicyclic) bond motifs is 2. The van der Waals surface area contributed by atoms with Crippen LogP contribution >= 0.6 is 0 Å². The lowest BCUT2D eigenvalue weighted by atomic mass is 9.65. The van der Waals surface area contributed by atoms with Crippen molar-refractivity contribution in [1.29, 1.82) is 0 Å². The summed E-state index contributed by atoms with van der Waals surface area (Å²) in [5.41, 5.74) is 1.14. The molecule has 0 spiro atoms. The number of aromatic nitrogens is 1. The first-order valence-corrected chi connectivity index (χ1v) is 11.9. The van der Waals surface area contributed by atoms with E-state index >= 15 is 0 Å². The maximum absolute atomic E-state index is 13.7. The third-order valence-corrected chi connectivity index (χ3v) is 7.18. The van der Waals surface area contributed by atoms with Crippen LogP contribution in [0.25, 0.3) is 0 Å². The maximum Gasteiger partial charge on any atom is 0.259 e. The predicted octanol–water partition coefficient (Wildman–Crippen LogP) is 3.88. The highest BCUT2D eigenvalue weighted by atomic mass is 16.2. The fraction of sp³-hybridized carbons (Fsp3) is 0.519. The van der Waals surface area contributed by atoms with Crippen LogP contribution in [0.3, 0.4) is 0 Å². The number of hydrogen-bond acceptors (Lipinski definition) is 3. The van der Waals surface area contributed by atoms with E-state index in [4.69, 9.17) is 0 Å². The Morgan fingerprint density at radius 2 is 1.76 bits per heavy atom. The van der Waals surface area contributed by atoms with Crippen molar-refractivity contribution < 1.29 is 9.59 Å². The van der Waals surface area contributed by atoms with Crippen LogP contribution in [-0.4, -0.2) is 40.9 Å². The lowest BCUT2D eigenvalue weighted by Gasteiger charge is -2.39. The molecule has 4 rings (SSSR count). The number of carbonyl (C=O) groups excluding carboxylic acids is 2. The first kappa shape index (κ1) is 23.3. The summed E-state index contributed by atoms with van der Waals surface area (Å²) in [7, 11) is 1.50. The molecule has 2 aliphatic rings. The number of benzene rings is 1. The van der Waals surface area contributed by atoms with E-state index in [-0.39, 0.29) is 33.9 Å². The first-order valence-electron chi connectivity index (χ1n) is 11.9. The van der Waals surface area contributed by atoms with Crippen molar-refractivity contribution in [1.82, 2.24) is 14.8 Å². The summed E-state index contributed by atoms with van der Waals surface area (Å²) in [5.74, 6) is -0.700. The molecule has 33 heavy (non-hydrogen) atoms. The number of amides is 2. The van der Waals surface area contributed by atoms with Gasteiger partial charge in [0.1, 0.15) is 11.1 Å². The Bertz CT molecular complexity index is 1110. The Morgan fingerprint density at radius 3 is 2.45 bits per heavy atom. The van der Waals surface area contributed by atoms with Gasteiger partial charge >= 0.3 is 0 Å². The van der Waals surface area contributed by atoms with E-state index in [9.17, 15) is 14.4 Å². The van der Waals surface area contributed by atoms with Crippen LogP contribution in [-0.2, 0) is 13.0 Å². The van der Waals surface area contributed by atoms with E-state index in [1.54, 1.807) is 12.4 Å². The zero-order valence-electron chi connectivity index (χ0n) is 20.2. The summed E-state index contributed by atoms with van der Waals surface area (Å²) < 4.78 is 1.83. The molecule has 2 heterocycles. The van der Waals surface area contributed by atoms with Gasteiger partial charge in [-0.3, -0.25) is 14.4 Å². The van der Waals surface area contributed by atoms with Crippen LogP contribution in [0.4, 0.5) is 0 Å². The topological polar surface area (TPSA) is 71.4 Å². The molecule has 0 radical (unpaired) electrons. The molecular weight excluding hydrogens is 414 g/mol. The Balaban J connectivity index is 1.61. The molecule has 0 unspecified atom stereocenters. The minimum absolute atomic E-state index is 0.0248. The third kappa shape index (κ3) is 4.90. The highest BCUT2D eigenvalue weighted by Crippen LogP contribution is 2.52. The Kier molecular flexibility index (Phi) is 6.21. The van der Waals surface area contributed by atoms with Crippen molar-refractivity contribution in [2.24, 2.45) is 10.8 Å². The summed E-state index contributed by atoms with van der Waals surface area (Å²) in [5, 5.41) is 2.54. The van der Waals surface area contributed by atoms with Gasteiger partial charge in [-0.2, -0.15) is 0 Å². The summed E-state index contributed by atoms with van der Waals surface area (Å²) in [6.45, 7) is 8.05. The van der Waals surface area contributed by atoms with Crippen LogP contribution in [0, 0.1) is 10.8 Å². The van der Waals surface area contributed by atoms with Gasteiger partial charge in [0, 0.05) is 38.6 Å². The number of rotatable bonds is 6. The number of nitrogens with zero attached hydrogens (tertiary/aromatic N) is 2. The van der Waals surface area contributed by atoms with Gasteiger partial charge in [0.25, 0.3) is 11.8 Å². The molecule has 1 aromatic carbocycles. The molecule has 6 heteroatoms. The minimum atomic E-state index is -0.482. The molecule has 2 amide bonds. The summed E-state index contributed by atoms with van der Waals surface area (Å²) in [6, 6.07) is 10.3. The van der Waals surface area contributed by atoms with Gasteiger partial charge in [0.2, 0.25) is 5.43 Å². The zero-order chi connectivity index (χ0) is 23.8. The van der Waals surface area contributed by atoms with E-state index in [1.807, 2.05) is 27.7 Å². The molecule has 1 saturated heterocycles. The van der Waals surface area contributed by atoms with E-state index < -0.39 is 11.3 Å². The number of nitrogens with one attached hydrogen (secondary N) is 1. The van der Waals surface area contributed by atoms with Gasteiger partial charge in [0.15, 0.2) is 0 Å². The molecule has 1 aliphatic carbocycles. The Labute approximate surface area is 196 Å². The average Bonchev–Trinajstić information content (AvgIpc) is 3.02. The molecule has 6 nitrogen and oxygen atoms in total. The van der Waals surface area contributed by atoms with Crippen molar-refractivity contribution >= 4 is 11.8 Å². The smallest absolute Gasteiger partial charge is 0.259 e. The molecule has 2 aromatic rings. The number of hydrogen-bond donors (Lipinski definition) is 1. The van der Waals surface area contributed by atoms with Gasteiger partial charge in [-0.1, -0.05) is 51.1 Å². The second kappa shape index (κ2) is 8.81. The van der Waals surface area contributed by atoms with Gasteiger partial charge in [-0.15, -0.1) is 0 Å². The SMILES string of the molecule is CNC(=O)c1cn(CCCc2ccccc2)cc(C(=O)N2C[C@@]3(C)C[C@@H]2CC(C)(C)C3)c1=O. The van der Waals surface area contributed by atoms with Gasteiger partial charge in [0.05, 0.1) is 0 Å².